The highest BCUT2D eigenvalue weighted by molar-refractivity contribution is 5.92. The first-order valence-corrected chi connectivity index (χ1v) is 9.54. The number of nitro benzene ring substituents is 1. The van der Waals surface area contributed by atoms with Gasteiger partial charge in [0.15, 0.2) is 0 Å². The van der Waals surface area contributed by atoms with Gasteiger partial charge in [-0.1, -0.05) is 6.92 Å². The van der Waals surface area contributed by atoms with E-state index in [2.05, 4.69) is 31.6 Å². The molecule has 9 nitrogen and oxygen atoms in total. The van der Waals surface area contributed by atoms with Crippen LogP contribution in [0.3, 0.4) is 0 Å². The van der Waals surface area contributed by atoms with Crippen LogP contribution in [0.5, 0.6) is 0 Å². The Kier molecular flexibility index (Phi) is 6.72. The lowest BCUT2D eigenvalue weighted by atomic mass is 10.2. The number of piperazine rings is 1. The minimum atomic E-state index is -0.457. The van der Waals surface area contributed by atoms with Gasteiger partial charge >= 0.3 is 0 Å². The van der Waals surface area contributed by atoms with Gasteiger partial charge in [0.25, 0.3) is 5.69 Å². The van der Waals surface area contributed by atoms with Gasteiger partial charge in [-0.15, -0.1) is 0 Å². The van der Waals surface area contributed by atoms with E-state index < -0.39 is 4.92 Å². The third-order valence-corrected chi connectivity index (χ3v) is 4.97. The molecule has 2 aromatic rings. The summed E-state index contributed by atoms with van der Waals surface area (Å²) in [5.41, 5.74) is 0.581. The average Bonchev–Trinajstić information content (AvgIpc) is 3.15. The molecule has 3 rings (SSSR count). The molecule has 1 saturated heterocycles. The molecule has 0 saturated carbocycles. The molecule has 0 unspecified atom stereocenters. The van der Waals surface area contributed by atoms with Gasteiger partial charge < -0.3 is 9.88 Å². The van der Waals surface area contributed by atoms with Crippen LogP contribution in [-0.2, 0) is 17.8 Å². The number of anilines is 1. The normalized spacial score (nSPS) is 15.5. The van der Waals surface area contributed by atoms with E-state index >= 15 is 0 Å². The molecule has 9 heteroatoms. The van der Waals surface area contributed by atoms with Crippen LogP contribution < -0.4 is 5.32 Å². The number of nitro groups is 1. The molecule has 0 bridgehead atoms. The van der Waals surface area contributed by atoms with Crippen LogP contribution in [0.2, 0.25) is 0 Å². The van der Waals surface area contributed by atoms with Crippen molar-refractivity contribution in [2.75, 3.05) is 44.6 Å². The van der Waals surface area contributed by atoms with Crippen LogP contribution in [0.15, 0.2) is 36.7 Å². The molecule has 0 radical (unpaired) electrons. The average molecular weight is 386 g/mol. The van der Waals surface area contributed by atoms with E-state index in [4.69, 9.17) is 0 Å². The number of nitrogens with one attached hydrogen (secondary N) is 1. The number of hydrogen-bond donors (Lipinski definition) is 1. The number of imidazole rings is 1. The fraction of sp³-hybridized carbons (Fsp3) is 0.474. The minimum Gasteiger partial charge on any atom is -0.334 e. The summed E-state index contributed by atoms with van der Waals surface area (Å²) < 4.78 is 2.20. The fourth-order valence-corrected chi connectivity index (χ4v) is 3.35. The molecule has 0 spiro atoms. The Balaban J connectivity index is 1.38. The summed E-state index contributed by atoms with van der Waals surface area (Å²) >= 11 is 0. The Morgan fingerprint density at radius 3 is 2.46 bits per heavy atom. The van der Waals surface area contributed by atoms with Crippen LogP contribution in [-0.4, -0.2) is 69.4 Å². The number of hydrogen-bond acceptors (Lipinski definition) is 6. The molecule has 1 aliphatic rings. The number of nitrogens with zero attached hydrogens (tertiary/aromatic N) is 5. The summed E-state index contributed by atoms with van der Waals surface area (Å²) in [6.07, 6.45) is 4.81. The van der Waals surface area contributed by atoms with Gasteiger partial charge in [-0.05, 0) is 12.1 Å². The van der Waals surface area contributed by atoms with Gasteiger partial charge in [-0.2, -0.15) is 0 Å². The van der Waals surface area contributed by atoms with Gasteiger partial charge in [-0.25, -0.2) is 4.98 Å². The van der Waals surface area contributed by atoms with Crippen LogP contribution >= 0.6 is 0 Å². The van der Waals surface area contributed by atoms with Crippen molar-refractivity contribution >= 4 is 17.3 Å². The molecular weight excluding hydrogens is 360 g/mol. The van der Waals surface area contributed by atoms with Crippen LogP contribution in [0.4, 0.5) is 11.4 Å². The smallest absolute Gasteiger partial charge is 0.269 e. The molecule has 1 aliphatic heterocycles. The first-order valence-electron chi connectivity index (χ1n) is 9.54. The number of carbonyl (C=O) groups excluding carboxylic acids is 1. The number of aromatic nitrogens is 2. The summed E-state index contributed by atoms with van der Waals surface area (Å²) in [4.78, 5) is 31.3. The van der Waals surface area contributed by atoms with Gasteiger partial charge in [0.05, 0.1) is 11.5 Å². The zero-order valence-electron chi connectivity index (χ0n) is 16.1. The van der Waals surface area contributed by atoms with Crippen molar-refractivity contribution in [3.05, 3.63) is 52.6 Å². The Hall–Kier alpha value is -2.78. The maximum atomic E-state index is 12.2. The zero-order chi connectivity index (χ0) is 19.9. The third kappa shape index (κ3) is 5.37. The van der Waals surface area contributed by atoms with Crippen LogP contribution in [0, 0.1) is 10.1 Å². The molecular formula is C19H26N6O3. The Labute approximate surface area is 164 Å². The fourth-order valence-electron chi connectivity index (χ4n) is 3.35. The van der Waals surface area contributed by atoms with E-state index in [0.29, 0.717) is 12.2 Å². The molecule has 1 aromatic carbocycles. The molecule has 28 heavy (non-hydrogen) atoms. The lowest BCUT2D eigenvalue weighted by Crippen LogP contribution is -2.49. The highest BCUT2D eigenvalue weighted by atomic mass is 16.6. The van der Waals surface area contributed by atoms with Gasteiger partial charge in [-0.3, -0.25) is 24.7 Å². The highest BCUT2D eigenvalue weighted by Gasteiger charge is 2.19. The van der Waals surface area contributed by atoms with Gasteiger partial charge in [0.2, 0.25) is 5.91 Å². The number of non-ortho nitro benzene ring substituents is 1. The summed E-state index contributed by atoms with van der Waals surface area (Å²) in [6, 6.07) is 5.88. The van der Waals surface area contributed by atoms with Crippen molar-refractivity contribution in [2.45, 2.75) is 19.9 Å². The van der Waals surface area contributed by atoms with Crippen molar-refractivity contribution < 1.29 is 9.72 Å². The van der Waals surface area contributed by atoms with Gasteiger partial charge in [0.1, 0.15) is 5.82 Å². The number of rotatable bonds is 8. The van der Waals surface area contributed by atoms with E-state index in [1.54, 1.807) is 12.1 Å². The first-order chi connectivity index (χ1) is 13.5. The Bertz CT molecular complexity index is 796. The molecule has 1 fully saturated rings. The Morgan fingerprint density at radius 2 is 1.82 bits per heavy atom. The second kappa shape index (κ2) is 9.43. The Morgan fingerprint density at radius 1 is 1.14 bits per heavy atom. The molecule has 0 aliphatic carbocycles. The standard InChI is InChI=1S/C19H26N6O3/c1-2-18-20-7-8-24(18)14-13-22-9-11-23(12-10-22)15-19(26)21-16-3-5-17(6-4-16)25(27)28/h3-8H,2,9-15H2,1H3,(H,21,26). The monoisotopic (exact) mass is 386 g/mol. The zero-order valence-corrected chi connectivity index (χ0v) is 16.1. The number of benzene rings is 1. The molecule has 150 valence electrons. The quantitative estimate of drug-likeness (QED) is 0.547. The third-order valence-electron chi connectivity index (χ3n) is 4.97. The van der Waals surface area contributed by atoms with Crippen LogP contribution in [0.25, 0.3) is 0 Å². The highest BCUT2D eigenvalue weighted by Crippen LogP contribution is 2.15. The molecule has 1 N–H and O–H groups in total. The topological polar surface area (TPSA) is 96.5 Å². The second-order valence-corrected chi connectivity index (χ2v) is 6.86. The predicted molar refractivity (Wildman–Crippen MR) is 106 cm³/mol. The first kappa shape index (κ1) is 20.0. The van der Waals surface area contributed by atoms with E-state index in [9.17, 15) is 14.9 Å². The summed E-state index contributed by atoms with van der Waals surface area (Å²) in [6.45, 7) is 7.90. The number of carbonyl (C=O) groups is 1. The SMILES string of the molecule is CCc1nccn1CCN1CCN(CC(=O)Nc2ccc([N+](=O)[O-])cc2)CC1. The van der Waals surface area contributed by atoms with Crippen molar-refractivity contribution in [3.8, 4) is 0 Å². The second-order valence-electron chi connectivity index (χ2n) is 6.86. The molecule has 1 amide bonds. The summed E-state index contributed by atoms with van der Waals surface area (Å²) in [7, 11) is 0. The van der Waals surface area contributed by atoms with Gasteiger partial charge in [0, 0.05) is 75.9 Å². The number of aryl methyl sites for hydroxylation is 1. The van der Waals surface area contributed by atoms with Crippen molar-refractivity contribution in [2.24, 2.45) is 0 Å². The van der Waals surface area contributed by atoms with Crippen molar-refractivity contribution in [1.82, 2.24) is 19.4 Å². The maximum absolute atomic E-state index is 12.2. The lowest BCUT2D eigenvalue weighted by Gasteiger charge is -2.34. The molecule has 1 aromatic heterocycles. The van der Waals surface area contributed by atoms with E-state index in [1.807, 2.05) is 12.4 Å². The summed E-state index contributed by atoms with van der Waals surface area (Å²) in [5, 5.41) is 13.5. The summed E-state index contributed by atoms with van der Waals surface area (Å²) in [5.74, 6) is 1.01. The minimum absolute atomic E-state index is 0.0101. The molecule has 2 heterocycles. The largest absolute Gasteiger partial charge is 0.334 e. The maximum Gasteiger partial charge on any atom is 0.269 e. The lowest BCUT2D eigenvalue weighted by molar-refractivity contribution is -0.384. The van der Waals surface area contributed by atoms with E-state index in [-0.39, 0.29) is 11.6 Å². The predicted octanol–water partition coefficient (Wildman–Crippen LogP) is 1.61. The number of amides is 1. The molecule has 0 atom stereocenters. The van der Waals surface area contributed by atoms with E-state index in [0.717, 1.165) is 51.5 Å². The van der Waals surface area contributed by atoms with Crippen molar-refractivity contribution in [1.29, 1.82) is 0 Å². The van der Waals surface area contributed by atoms with Crippen LogP contribution in [0.1, 0.15) is 12.7 Å². The van der Waals surface area contributed by atoms with E-state index in [1.165, 1.54) is 12.1 Å². The van der Waals surface area contributed by atoms with Crippen molar-refractivity contribution in [3.63, 3.8) is 0 Å².